The third-order valence-corrected chi connectivity index (χ3v) is 4.29. The van der Waals surface area contributed by atoms with Gasteiger partial charge in [0.25, 0.3) is 11.8 Å². The second-order valence-corrected chi connectivity index (χ2v) is 6.40. The summed E-state index contributed by atoms with van der Waals surface area (Å²) in [6.45, 7) is 1.43. The zero-order chi connectivity index (χ0) is 22.6. The number of pyridine rings is 1. The molecule has 2 amide bonds. The molecule has 2 heterocycles. The molecule has 3 aromatic rings. The molecule has 0 saturated carbocycles. The lowest BCUT2D eigenvalue weighted by Crippen LogP contribution is -2.24. The molecule has 0 atom stereocenters. The molecular formula is C20H18F3N5O3. The van der Waals surface area contributed by atoms with E-state index in [0.29, 0.717) is 23.3 Å². The summed E-state index contributed by atoms with van der Waals surface area (Å²) in [6.07, 6.45) is -2.48. The standard InChI is InChI=1S/C20H18F3N5O3/c1-12-16(10-26-28(12)17-7-6-13(9-25-17)20(21,22)23)19(30)27-14-4-3-5-15(8-14)31-11-18(29)24-2/h3-10H,11H2,1-2H3,(H,24,29)(H,27,30). The van der Waals surface area contributed by atoms with Gasteiger partial charge in [-0.1, -0.05) is 6.07 Å². The van der Waals surface area contributed by atoms with Gasteiger partial charge in [-0.05, 0) is 31.2 Å². The predicted molar refractivity (Wildman–Crippen MR) is 105 cm³/mol. The van der Waals surface area contributed by atoms with E-state index in [1.54, 1.807) is 31.2 Å². The van der Waals surface area contributed by atoms with Gasteiger partial charge in [0, 0.05) is 25.0 Å². The first-order chi connectivity index (χ1) is 14.7. The molecule has 0 unspecified atom stereocenters. The molecule has 1 aromatic carbocycles. The van der Waals surface area contributed by atoms with Gasteiger partial charge in [0.2, 0.25) is 0 Å². The van der Waals surface area contributed by atoms with E-state index in [4.69, 9.17) is 4.74 Å². The molecule has 2 N–H and O–H groups in total. The van der Waals surface area contributed by atoms with Crippen molar-refractivity contribution in [3.8, 4) is 11.6 Å². The van der Waals surface area contributed by atoms with E-state index in [0.717, 1.165) is 6.07 Å². The Hall–Kier alpha value is -3.89. The second-order valence-electron chi connectivity index (χ2n) is 6.40. The lowest BCUT2D eigenvalue weighted by atomic mass is 10.2. The van der Waals surface area contributed by atoms with Gasteiger partial charge in [0.15, 0.2) is 12.4 Å². The lowest BCUT2D eigenvalue weighted by Gasteiger charge is -2.09. The average molecular weight is 433 g/mol. The molecule has 0 aliphatic heterocycles. The van der Waals surface area contributed by atoms with Crippen molar-refractivity contribution in [1.29, 1.82) is 0 Å². The quantitative estimate of drug-likeness (QED) is 0.623. The Morgan fingerprint density at radius 1 is 1.16 bits per heavy atom. The fourth-order valence-electron chi connectivity index (χ4n) is 2.63. The maximum absolute atomic E-state index is 12.7. The average Bonchev–Trinajstić information content (AvgIpc) is 3.13. The van der Waals surface area contributed by atoms with Crippen LogP contribution >= 0.6 is 0 Å². The van der Waals surface area contributed by atoms with Gasteiger partial charge < -0.3 is 15.4 Å². The summed E-state index contributed by atoms with van der Waals surface area (Å²) in [4.78, 5) is 27.7. The number of amides is 2. The number of likely N-dealkylation sites (N-methyl/N-ethyl adjacent to an activating group) is 1. The third-order valence-electron chi connectivity index (χ3n) is 4.29. The number of hydrogen-bond acceptors (Lipinski definition) is 5. The minimum atomic E-state index is -4.49. The molecule has 0 saturated heterocycles. The Morgan fingerprint density at radius 3 is 2.58 bits per heavy atom. The molecule has 162 valence electrons. The Labute approximate surface area is 175 Å². The van der Waals surface area contributed by atoms with Crippen LogP contribution in [0.25, 0.3) is 5.82 Å². The number of carbonyl (C=O) groups excluding carboxylic acids is 2. The van der Waals surface area contributed by atoms with E-state index in [1.807, 2.05) is 0 Å². The van der Waals surface area contributed by atoms with Gasteiger partial charge >= 0.3 is 6.18 Å². The minimum absolute atomic E-state index is 0.147. The summed E-state index contributed by atoms with van der Waals surface area (Å²) in [5, 5.41) is 9.18. The van der Waals surface area contributed by atoms with E-state index in [-0.39, 0.29) is 23.9 Å². The first-order valence-corrected chi connectivity index (χ1v) is 9.02. The topological polar surface area (TPSA) is 98.1 Å². The Bertz CT molecular complexity index is 1090. The SMILES string of the molecule is CNC(=O)COc1cccc(NC(=O)c2cnn(-c3ccc(C(F)(F)F)cn3)c2C)c1. The Kier molecular flexibility index (Phi) is 6.23. The van der Waals surface area contributed by atoms with E-state index in [2.05, 4.69) is 20.7 Å². The maximum atomic E-state index is 12.7. The molecule has 0 spiro atoms. The molecule has 0 aliphatic carbocycles. The number of nitrogens with zero attached hydrogens (tertiary/aromatic N) is 3. The van der Waals surface area contributed by atoms with Crippen LogP contribution in [0.5, 0.6) is 5.75 Å². The van der Waals surface area contributed by atoms with Crippen molar-refractivity contribution in [1.82, 2.24) is 20.1 Å². The van der Waals surface area contributed by atoms with Crippen molar-refractivity contribution in [3.05, 3.63) is 65.6 Å². The second kappa shape index (κ2) is 8.86. The van der Waals surface area contributed by atoms with Gasteiger partial charge in [0.1, 0.15) is 5.75 Å². The van der Waals surface area contributed by atoms with Crippen LogP contribution in [0.3, 0.4) is 0 Å². The number of nitrogens with one attached hydrogen (secondary N) is 2. The summed E-state index contributed by atoms with van der Waals surface area (Å²) >= 11 is 0. The largest absolute Gasteiger partial charge is 0.484 e. The molecule has 31 heavy (non-hydrogen) atoms. The van der Waals surface area contributed by atoms with E-state index in [9.17, 15) is 22.8 Å². The number of benzene rings is 1. The molecule has 0 bridgehead atoms. The lowest BCUT2D eigenvalue weighted by molar-refractivity contribution is -0.137. The highest BCUT2D eigenvalue weighted by Crippen LogP contribution is 2.29. The molecular weight excluding hydrogens is 415 g/mol. The van der Waals surface area contributed by atoms with Gasteiger partial charge in [-0.15, -0.1) is 0 Å². The fourth-order valence-corrected chi connectivity index (χ4v) is 2.63. The highest BCUT2D eigenvalue weighted by atomic mass is 19.4. The van der Waals surface area contributed by atoms with Crippen LogP contribution in [0, 0.1) is 6.92 Å². The van der Waals surface area contributed by atoms with E-state index >= 15 is 0 Å². The summed E-state index contributed by atoms with van der Waals surface area (Å²) in [7, 11) is 1.49. The molecule has 11 heteroatoms. The molecule has 0 fully saturated rings. The smallest absolute Gasteiger partial charge is 0.417 e. The summed E-state index contributed by atoms with van der Waals surface area (Å²) < 4.78 is 44.7. The summed E-state index contributed by atoms with van der Waals surface area (Å²) in [6, 6.07) is 8.56. The van der Waals surface area contributed by atoms with Crippen LogP contribution in [-0.2, 0) is 11.0 Å². The van der Waals surface area contributed by atoms with Crippen LogP contribution < -0.4 is 15.4 Å². The van der Waals surface area contributed by atoms with Crippen molar-refractivity contribution in [2.75, 3.05) is 19.0 Å². The zero-order valence-corrected chi connectivity index (χ0v) is 16.5. The first-order valence-electron chi connectivity index (χ1n) is 9.02. The van der Waals surface area contributed by atoms with E-state index in [1.165, 1.54) is 24.0 Å². The molecule has 2 aromatic heterocycles. The summed E-state index contributed by atoms with van der Waals surface area (Å²) in [5.74, 6) is -0.231. The van der Waals surface area contributed by atoms with Crippen LogP contribution in [0.15, 0.2) is 48.8 Å². The fraction of sp³-hybridized carbons (Fsp3) is 0.200. The van der Waals surface area contributed by atoms with Crippen molar-refractivity contribution in [2.24, 2.45) is 0 Å². The van der Waals surface area contributed by atoms with Crippen molar-refractivity contribution >= 4 is 17.5 Å². The minimum Gasteiger partial charge on any atom is -0.484 e. The highest BCUT2D eigenvalue weighted by Gasteiger charge is 2.30. The Morgan fingerprint density at radius 2 is 1.94 bits per heavy atom. The van der Waals surface area contributed by atoms with Gasteiger partial charge in [-0.3, -0.25) is 9.59 Å². The molecule has 0 aliphatic rings. The van der Waals surface area contributed by atoms with Crippen LogP contribution in [-0.4, -0.2) is 40.2 Å². The van der Waals surface area contributed by atoms with Crippen molar-refractivity contribution < 1.29 is 27.5 Å². The monoisotopic (exact) mass is 433 g/mol. The first kappa shape index (κ1) is 21.8. The van der Waals surface area contributed by atoms with Gasteiger partial charge in [-0.25, -0.2) is 9.67 Å². The number of halogens is 3. The number of hydrogen-bond donors (Lipinski definition) is 2. The molecule has 8 nitrogen and oxygen atoms in total. The number of rotatable bonds is 6. The predicted octanol–water partition coefficient (Wildman–Crippen LogP) is 2.97. The number of carbonyl (C=O) groups is 2. The maximum Gasteiger partial charge on any atom is 0.417 e. The van der Waals surface area contributed by atoms with Crippen molar-refractivity contribution in [2.45, 2.75) is 13.1 Å². The number of alkyl halides is 3. The number of aromatic nitrogens is 3. The van der Waals surface area contributed by atoms with Crippen LogP contribution in [0.2, 0.25) is 0 Å². The molecule has 3 rings (SSSR count). The third kappa shape index (κ3) is 5.18. The van der Waals surface area contributed by atoms with Gasteiger partial charge in [0.05, 0.1) is 23.0 Å². The highest BCUT2D eigenvalue weighted by molar-refractivity contribution is 6.05. The zero-order valence-electron chi connectivity index (χ0n) is 16.5. The van der Waals surface area contributed by atoms with E-state index < -0.39 is 17.6 Å². The van der Waals surface area contributed by atoms with Crippen LogP contribution in [0.4, 0.5) is 18.9 Å². The molecule has 0 radical (unpaired) electrons. The number of anilines is 1. The normalized spacial score (nSPS) is 11.1. The van der Waals surface area contributed by atoms with Gasteiger partial charge in [-0.2, -0.15) is 18.3 Å². The van der Waals surface area contributed by atoms with Crippen LogP contribution in [0.1, 0.15) is 21.6 Å². The van der Waals surface area contributed by atoms with Crippen molar-refractivity contribution in [3.63, 3.8) is 0 Å². The Balaban J connectivity index is 1.74. The summed E-state index contributed by atoms with van der Waals surface area (Å²) in [5.41, 5.74) is 0.173. The number of ether oxygens (including phenoxy) is 1.